The summed E-state index contributed by atoms with van der Waals surface area (Å²) in [6.45, 7) is 4.83. The van der Waals surface area contributed by atoms with Crippen LogP contribution in [0.15, 0.2) is 11.6 Å². The van der Waals surface area contributed by atoms with Crippen molar-refractivity contribution in [1.29, 1.82) is 0 Å². The van der Waals surface area contributed by atoms with Crippen molar-refractivity contribution < 1.29 is 9.90 Å². The van der Waals surface area contributed by atoms with Gasteiger partial charge in [-0.05, 0) is 19.3 Å². The molecule has 1 atom stereocenters. The number of carbonyl (C=O) groups excluding carboxylic acids is 1. The summed E-state index contributed by atoms with van der Waals surface area (Å²) in [6.07, 6.45) is 4.02. The molecule has 6 heteroatoms. The van der Waals surface area contributed by atoms with E-state index < -0.39 is 0 Å². The summed E-state index contributed by atoms with van der Waals surface area (Å²) in [5.74, 6) is 0.370. The van der Waals surface area contributed by atoms with Gasteiger partial charge in [0, 0.05) is 30.4 Å². The van der Waals surface area contributed by atoms with Crippen molar-refractivity contribution in [1.82, 2.24) is 14.7 Å². The van der Waals surface area contributed by atoms with Gasteiger partial charge in [0.15, 0.2) is 4.96 Å². The van der Waals surface area contributed by atoms with Crippen LogP contribution in [0.2, 0.25) is 0 Å². The highest BCUT2D eigenvalue weighted by Gasteiger charge is 2.12. The first-order valence-corrected chi connectivity index (χ1v) is 7.81. The first-order chi connectivity index (χ1) is 9.63. The molecule has 0 aliphatic heterocycles. The fraction of sp³-hybridized carbons (Fsp3) is 0.571. The van der Waals surface area contributed by atoms with Gasteiger partial charge in [0.2, 0.25) is 5.91 Å². The number of nitrogens with zero attached hydrogens (tertiary/aromatic N) is 2. The van der Waals surface area contributed by atoms with Crippen molar-refractivity contribution in [2.45, 2.75) is 33.1 Å². The average Bonchev–Trinajstić information content (AvgIpc) is 2.95. The number of aliphatic hydroxyl groups excluding tert-OH is 1. The van der Waals surface area contributed by atoms with Crippen molar-refractivity contribution >= 4 is 22.2 Å². The van der Waals surface area contributed by atoms with Crippen LogP contribution in [0.25, 0.3) is 4.96 Å². The van der Waals surface area contributed by atoms with Crippen LogP contribution in [0.1, 0.15) is 31.2 Å². The van der Waals surface area contributed by atoms with Gasteiger partial charge in [-0.3, -0.25) is 9.20 Å². The summed E-state index contributed by atoms with van der Waals surface area (Å²) in [4.78, 5) is 17.3. The van der Waals surface area contributed by atoms with Crippen LogP contribution in [0, 0.1) is 12.8 Å². The van der Waals surface area contributed by atoms with E-state index in [1.54, 1.807) is 11.3 Å². The Morgan fingerprint density at radius 2 is 2.40 bits per heavy atom. The Labute approximate surface area is 122 Å². The monoisotopic (exact) mass is 295 g/mol. The number of rotatable bonds is 7. The highest BCUT2D eigenvalue weighted by molar-refractivity contribution is 7.15. The molecule has 2 N–H and O–H groups in total. The molecule has 0 spiro atoms. The van der Waals surface area contributed by atoms with Crippen LogP contribution in [-0.2, 0) is 11.2 Å². The fourth-order valence-electron chi connectivity index (χ4n) is 2.19. The number of imidazole rings is 1. The average molecular weight is 295 g/mol. The molecule has 0 bridgehead atoms. The summed E-state index contributed by atoms with van der Waals surface area (Å²) in [6, 6.07) is 0. The molecule has 1 unspecified atom stereocenters. The molecule has 20 heavy (non-hydrogen) atoms. The first-order valence-electron chi connectivity index (χ1n) is 6.93. The predicted octanol–water partition coefficient (Wildman–Crippen LogP) is 1.77. The number of aliphatic hydroxyl groups is 1. The Morgan fingerprint density at radius 1 is 1.60 bits per heavy atom. The van der Waals surface area contributed by atoms with Crippen LogP contribution in [-0.4, -0.2) is 33.6 Å². The zero-order valence-electron chi connectivity index (χ0n) is 11.9. The lowest BCUT2D eigenvalue weighted by molar-refractivity contribution is -0.120. The quantitative estimate of drug-likeness (QED) is 0.818. The van der Waals surface area contributed by atoms with E-state index in [9.17, 15) is 4.79 Å². The normalized spacial score (nSPS) is 12.8. The lowest BCUT2D eigenvalue weighted by atomic mass is 10.0. The topological polar surface area (TPSA) is 66.6 Å². The molecule has 0 fully saturated rings. The van der Waals surface area contributed by atoms with E-state index in [2.05, 4.69) is 17.2 Å². The Morgan fingerprint density at radius 3 is 3.10 bits per heavy atom. The summed E-state index contributed by atoms with van der Waals surface area (Å²) in [5.41, 5.74) is 1.94. The lowest BCUT2D eigenvalue weighted by Crippen LogP contribution is -2.31. The number of thiazole rings is 1. The Bertz CT molecular complexity index is 576. The molecule has 2 aromatic heterocycles. The predicted molar refractivity (Wildman–Crippen MR) is 80.0 cm³/mol. The number of nitrogens with one attached hydrogen (secondary N) is 1. The number of aromatic nitrogens is 2. The number of carbonyl (C=O) groups is 1. The molecule has 0 saturated carbocycles. The molecule has 0 saturated heterocycles. The minimum atomic E-state index is 0.0208. The van der Waals surface area contributed by atoms with Crippen LogP contribution in [0.3, 0.4) is 0 Å². The van der Waals surface area contributed by atoms with Gasteiger partial charge in [-0.25, -0.2) is 4.98 Å². The summed E-state index contributed by atoms with van der Waals surface area (Å²) >= 11 is 1.55. The smallest absolute Gasteiger partial charge is 0.225 e. The maximum Gasteiger partial charge on any atom is 0.225 e. The molecule has 0 aliphatic rings. The Balaban J connectivity index is 1.91. The summed E-state index contributed by atoms with van der Waals surface area (Å²) < 4.78 is 1.98. The van der Waals surface area contributed by atoms with Gasteiger partial charge in [-0.1, -0.05) is 13.3 Å². The van der Waals surface area contributed by atoms with E-state index >= 15 is 0 Å². The third-order valence-electron chi connectivity index (χ3n) is 3.45. The molecular formula is C14H21N3O2S. The van der Waals surface area contributed by atoms with Gasteiger partial charge in [-0.2, -0.15) is 0 Å². The summed E-state index contributed by atoms with van der Waals surface area (Å²) in [7, 11) is 0. The molecule has 110 valence electrons. The number of hydrogen-bond donors (Lipinski definition) is 2. The van der Waals surface area contributed by atoms with Gasteiger partial charge >= 0.3 is 0 Å². The van der Waals surface area contributed by atoms with Gasteiger partial charge in [0.05, 0.1) is 12.1 Å². The van der Waals surface area contributed by atoms with E-state index in [4.69, 9.17) is 5.11 Å². The number of amides is 1. The van der Waals surface area contributed by atoms with E-state index in [0.29, 0.717) is 18.9 Å². The Hall–Kier alpha value is -1.40. The maximum atomic E-state index is 12.0. The number of fused-ring (bicyclic) bond motifs is 1. The van der Waals surface area contributed by atoms with E-state index in [-0.39, 0.29) is 12.5 Å². The maximum absolute atomic E-state index is 12.0. The highest BCUT2D eigenvalue weighted by atomic mass is 32.1. The van der Waals surface area contributed by atoms with Crippen molar-refractivity contribution in [3.63, 3.8) is 0 Å². The number of hydrogen-bond acceptors (Lipinski definition) is 4. The lowest BCUT2D eigenvalue weighted by Gasteiger charge is -2.14. The van der Waals surface area contributed by atoms with Gasteiger partial charge in [0.25, 0.3) is 0 Å². The van der Waals surface area contributed by atoms with Gasteiger partial charge < -0.3 is 10.4 Å². The van der Waals surface area contributed by atoms with Crippen LogP contribution in [0.4, 0.5) is 0 Å². The van der Waals surface area contributed by atoms with Crippen LogP contribution >= 0.6 is 11.3 Å². The first kappa shape index (κ1) is 15.0. The third kappa shape index (κ3) is 3.58. The van der Waals surface area contributed by atoms with E-state index in [0.717, 1.165) is 29.2 Å². The second-order valence-corrected chi connectivity index (χ2v) is 5.87. The molecule has 1 amide bonds. The second kappa shape index (κ2) is 6.85. The minimum Gasteiger partial charge on any atom is -0.396 e. The largest absolute Gasteiger partial charge is 0.396 e. The second-order valence-electron chi connectivity index (χ2n) is 5.03. The molecule has 2 rings (SSSR count). The summed E-state index contributed by atoms with van der Waals surface area (Å²) in [5, 5.41) is 13.9. The highest BCUT2D eigenvalue weighted by Crippen LogP contribution is 2.16. The molecule has 0 radical (unpaired) electrons. The zero-order valence-corrected chi connectivity index (χ0v) is 12.7. The number of aryl methyl sites for hydroxylation is 1. The third-order valence-corrected chi connectivity index (χ3v) is 4.34. The molecule has 5 nitrogen and oxygen atoms in total. The van der Waals surface area contributed by atoms with E-state index in [1.165, 1.54) is 0 Å². The van der Waals surface area contributed by atoms with Crippen molar-refractivity contribution in [3.8, 4) is 0 Å². The Kier molecular flexibility index (Phi) is 5.14. The van der Waals surface area contributed by atoms with Crippen LogP contribution < -0.4 is 5.32 Å². The van der Waals surface area contributed by atoms with Crippen molar-refractivity contribution in [2.75, 3.05) is 13.2 Å². The minimum absolute atomic E-state index is 0.0208. The van der Waals surface area contributed by atoms with Gasteiger partial charge in [0.1, 0.15) is 0 Å². The molecular weight excluding hydrogens is 274 g/mol. The van der Waals surface area contributed by atoms with E-state index in [1.807, 2.05) is 22.9 Å². The zero-order chi connectivity index (χ0) is 14.5. The molecule has 2 aromatic rings. The molecule has 2 heterocycles. The van der Waals surface area contributed by atoms with Crippen molar-refractivity contribution in [3.05, 3.63) is 23.0 Å². The van der Waals surface area contributed by atoms with Crippen molar-refractivity contribution in [2.24, 2.45) is 5.92 Å². The SMILES string of the molecule is CCC(CCO)CNC(=O)Cc1csc2nc(C)cn12. The van der Waals surface area contributed by atoms with Crippen LogP contribution in [0.5, 0.6) is 0 Å². The standard InChI is InChI=1S/C14H21N3O2S/c1-3-11(4-5-18)7-15-13(19)6-12-9-20-14-16-10(2)8-17(12)14/h8-9,11,18H,3-7H2,1-2H3,(H,15,19). The molecule has 0 aliphatic carbocycles. The van der Waals surface area contributed by atoms with Gasteiger partial charge in [-0.15, -0.1) is 11.3 Å². The fourth-order valence-corrected chi connectivity index (χ4v) is 3.11. The molecule has 0 aromatic carbocycles.